The Labute approximate surface area is 236 Å². The van der Waals surface area contributed by atoms with Crippen LogP contribution >= 0.6 is 0 Å². The molecule has 0 aliphatic rings. The third-order valence-electron chi connectivity index (χ3n) is 5.80. The Morgan fingerprint density at radius 3 is 1.42 bits per heavy atom. The summed E-state index contributed by atoms with van der Waals surface area (Å²) in [7, 11) is -4.16. The van der Waals surface area contributed by atoms with Gasteiger partial charge in [-0.1, -0.05) is 122 Å². The van der Waals surface area contributed by atoms with Gasteiger partial charge in [0.05, 0.1) is 22.0 Å². The molecule has 0 radical (unpaired) electrons. The fourth-order valence-corrected chi connectivity index (χ4v) is 4.24. The van der Waals surface area contributed by atoms with Crippen molar-refractivity contribution in [3.8, 4) is 0 Å². The zero-order valence-electron chi connectivity index (χ0n) is 20.7. The fourth-order valence-electron chi connectivity index (χ4n) is 3.85. The van der Waals surface area contributed by atoms with Crippen molar-refractivity contribution in [3.63, 3.8) is 0 Å². The number of hydrogen-bond donors (Lipinski definition) is 2. The third kappa shape index (κ3) is 31.5. The van der Waals surface area contributed by atoms with Gasteiger partial charge in [-0.05, 0) is 6.42 Å². The van der Waals surface area contributed by atoms with Crippen molar-refractivity contribution >= 4 is 10.1 Å². The molecule has 0 heterocycles. The van der Waals surface area contributed by atoms with Gasteiger partial charge < -0.3 is 15.0 Å². The van der Waals surface area contributed by atoms with Crippen LogP contribution in [0.25, 0.3) is 0 Å². The largest absolute Gasteiger partial charge is 1.00 e. The van der Waals surface area contributed by atoms with Crippen LogP contribution in [-0.2, 0) is 10.1 Å². The van der Waals surface area contributed by atoms with E-state index in [0.29, 0.717) is 6.54 Å². The molecule has 31 heavy (non-hydrogen) atoms. The van der Waals surface area contributed by atoms with E-state index in [-0.39, 0.29) is 57.9 Å². The molecule has 2 N–H and O–H groups in total. The Kier molecular flexibility index (Phi) is 29.1. The molecule has 182 valence electrons. The normalized spacial score (nSPS) is 12.6. The Hall–Kier alpha value is 1.47. The van der Waals surface area contributed by atoms with E-state index in [9.17, 15) is 18.1 Å². The molecule has 0 saturated heterocycles. The van der Waals surface area contributed by atoms with Crippen molar-refractivity contribution in [3.05, 3.63) is 0 Å². The topological polar surface area (TPSA) is 89.5 Å². The number of aliphatic hydroxyl groups excluding tert-OH is 1. The summed E-state index contributed by atoms with van der Waals surface area (Å²) in [6, 6.07) is 0. The zero-order valence-corrected chi connectivity index (χ0v) is 24.7. The maximum absolute atomic E-state index is 10.5. The van der Waals surface area contributed by atoms with E-state index in [4.69, 9.17) is 0 Å². The first-order chi connectivity index (χ1) is 14.5. The van der Waals surface area contributed by atoms with Gasteiger partial charge in [0.25, 0.3) is 0 Å². The summed E-state index contributed by atoms with van der Waals surface area (Å²) >= 11 is 0. The van der Waals surface area contributed by atoms with Crippen molar-refractivity contribution in [2.24, 2.45) is 0 Å². The summed E-state index contributed by atoms with van der Waals surface area (Å²) in [4.78, 5) is 0. The van der Waals surface area contributed by atoms with Crippen molar-refractivity contribution in [1.82, 2.24) is 5.32 Å². The predicted molar refractivity (Wildman–Crippen MR) is 127 cm³/mol. The van der Waals surface area contributed by atoms with Crippen LogP contribution in [0.4, 0.5) is 0 Å². The average molecular weight is 488 g/mol. The van der Waals surface area contributed by atoms with Crippen molar-refractivity contribution in [2.45, 2.75) is 135 Å². The number of hydrogen-bond acceptors (Lipinski definition) is 5. The van der Waals surface area contributed by atoms with Gasteiger partial charge in [0.15, 0.2) is 0 Å². The van der Waals surface area contributed by atoms with Gasteiger partial charge in [0, 0.05) is 13.1 Å². The Morgan fingerprint density at radius 1 is 0.710 bits per heavy atom. The minimum absolute atomic E-state index is 0. The van der Waals surface area contributed by atoms with E-state index >= 15 is 0 Å². The van der Waals surface area contributed by atoms with Crippen molar-refractivity contribution < 1.29 is 69.5 Å². The van der Waals surface area contributed by atoms with E-state index in [1.165, 1.54) is 103 Å². The molecule has 0 aliphatic carbocycles. The standard InChI is InChI=1S/C24H51NO4S.K/c1-2-3-4-5-6-7-8-9-10-11-12-13-14-15-16-17-18-19-20-24(26)23-25-21-22-30(27,28)29;/h24-26H,2-23H2,1H3,(H,27,28,29);/q;+1/p-1. The second-order valence-corrected chi connectivity index (χ2v) is 10.4. The molecule has 7 heteroatoms. The first kappa shape index (κ1) is 34.6. The molecule has 0 fully saturated rings. The quantitative estimate of drug-likeness (QED) is 0.124. The molecule has 0 aliphatic heterocycles. The molecule has 0 amide bonds. The molecule has 0 aromatic rings. The van der Waals surface area contributed by atoms with E-state index in [2.05, 4.69) is 12.2 Å². The number of rotatable bonds is 24. The Balaban J connectivity index is 0. The van der Waals surface area contributed by atoms with Crippen LogP contribution in [0, 0.1) is 0 Å². The van der Waals surface area contributed by atoms with Gasteiger partial charge in [-0.15, -0.1) is 0 Å². The minimum atomic E-state index is -4.16. The molecule has 0 aromatic carbocycles. The van der Waals surface area contributed by atoms with Crippen LogP contribution < -0.4 is 56.7 Å². The van der Waals surface area contributed by atoms with Crippen LogP contribution in [0.3, 0.4) is 0 Å². The molecule has 5 nitrogen and oxygen atoms in total. The number of nitrogens with one attached hydrogen (secondary N) is 1. The van der Waals surface area contributed by atoms with Crippen LogP contribution in [0.15, 0.2) is 0 Å². The van der Waals surface area contributed by atoms with Gasteiger partial charge in [-0.25, -0.2) is 8.42 Å². The molecule has 0 saturated carbocycles. The maximum atomic E-state index is 10.5. The minimum Gasteiger partial charge on any atom is -0.748 e. The van der Waals surface area contributed by atoms with Gasteiger partial charge in [-0.3, -0.25) is 0 Å². The number of unbranched alkanes of at least 4 members (excludes halogenated alkanes) is 17. The van der Waals surface area contributed by atoms with Gasteiger partial charge in [-0.2, -0.15) is 0 Å². The van der Waals surface area contributed by atoms with Crippen LogP contribution in [0.5, 0.6) is 0 Å². The fraction of sp³-hybridized carbons (Fsp3) is 1.00. The number of aliphatic hydroxyl groups is 1. The summed E-state index contributed by atoms with van der Waals surface area (Å²) in [5, 5.41) is 12.6. The Morgan fingerprint density at radius 2 is 1.06 bits per heavy atom. The van der Waals surface area contributed by atoms with E-state index in [1.54, 1.807) is 0 Å². The first-order valence-corrected chi connectivity index (χ1v) is 14.4. The first-order valence-electron chi connectivity index (χ1n) is 12.8. The SMILES string of the molecule is CCCCCCCCCCCCCCCCCCCCC(O)CNCCS(=O)(=O)[O-].[K+]. The van der Waals surface area contributed by atoms with Gasteiger partial charge in [0.1, 0.15) is 0 Å². The predicted octanol–water partition coefficient (Wildman–Crippen LogP) is 2.92. The van der Waals surface area contributed by atoms with E-state index < -0.39 is 22.0 Å². The maximum Gasteiger partial charge on any atom is 1.00 e. The molecule has 0 bridgehead atoms. The van der Waals surface area contributed by atoms with Crippen molar-refractivity contribution in [1.29, 1.82) is 0 Å². The third-order valence-corrected chi connectivity index (χ3v) is 6.50. The van der Waals surface area contributed by atoms with Crippen LogP contribution in [0.2, 0.25) is 0 Å². The van der Waals surface area contributed by atoms with E-state index in [0.717, 1.165) is 19.3 Å². The summed E-state index contributed by atoms with van der Waals surface area (Å²) in [5.41, 5.74) is 0. The summed E-state index contributed by atoms with van der Waals surface area (Å²) in [6.07, 6.45) is 24.5. The summed E-state index contributed by atoms with van der Waals surface area (Å²) in [5.74, 6) is -0.418. The molecule has 0 spiro atoms. The molecular formula is C24H50KNO4S. The molecular weight excluding hydrogens is 437 g/mol. The van der Waals surface area contributed by atoms with Gasteiger partial charge in [0.2, 0.25) is 0 Å². The van der Waals surface area contributed by atoms with Crippen LogP contribution in [0.1, 0.15) is 129 Å². The second kappa shape index (κ2) is 26.1. The average Bonchev–Trinajstić information content (AvgIpc) is 2.69. The molecule has 0 aromatic heterocycles. The Bertz CT molecular complexity index is 449. The van der Waals surface area contributed by atoms with Gasteiger partial charge >= 0.3 is 51.4 Å². The summed E-state index contributed by atoms with van der Waals surface area (Å²) in [6.45, 7) is 2.74. The molecule has 0 rings (SSSR count). The smallest absolute Gasteiger partial charge is 0.748 e. The van der Waals surface area contributed by atoms with Crippen molar-refractivity contribution in [2.75, 3.05) is 18.8 Å². The summed E-state index contributed by atoms with van der Waals surface area (Å²) < 4.78 is 31.4. The molecule has 1 atom stereocenters. The zero-order chi connectivity index (χ0) is 22.3. The second-order valence-electron chi connectivity index (χ2n) is 8.92. The van der Waals surface area contributed by atoms with E-state index in [1.807, 2.05) is 0 Å². The monoisotopic (exact) mass is 487 g/mol. The molecule has 1 unspecified atom stereocenters. The van der Waals surface area contributed by atoms with Crippen LogP contribution in [-0.4, -0.2) is 43.0 Å².